The van der Waals surface area contributed by atoms with Gasteiger partial charge in [-0.1, -0.05) is 0 Å². The molecule has 1 aromatic carbocycles. The number of rotatable bonds is 2. The van der Waals surface area contributed by atoms with E-state index in [1.54, 1.807) is 24.3 Å². The zero-order valence-electron chi connectivity index (χ0n) is 8.72. The van der Waals surface area contributed by atoms with Crippen molar-refractivity contribution in [2.24, 2.45) is 0 Å². The van der Waals surface area contributed by atoms with Gasteiger partial charge in [0.1, 0.15) is 0 Å². The van der Waals surface area contributed by atoms with E-state index < -0.39 is 0 Å². The molecule has 0 fully saturated rings. The van der Waals surface area contributed by atoms with Crippen molar-refractivity contribution in [2.45, 2.75) is 0 Å². The van der Waals surface area contributed by atoms with E-state index in [9.17, 15) is 4.79 Å². The highest BCUT2D eigenvalue weighted by Gasteiger charge is 2.08. The normalized spacial score (nSPS) is 9.94. The fourth-order valence-corrected chi connectivity index (χ4v) is 1.60. The first-order chi connectivity index (χ1) is 8.16. The molecular formula is C11H9BrN4O. The fraction of sp³-hybridized carbons (Fsp3) is 0. The van der Waals surface area contributed by atoms with Gasteiger partial charge in [0.15, 0.2) is 0 Å². The molecule has 1 aromatic heterocycles. The van der Waals surface area contributed by atoms with E-state index in [0.29, 0.717) is 16.9 Å². The van der Waals surface area contributed by atoms with E-state index in [4.69, 9.17) is 5.73 Å². The molecule has 5 nitrogen and oxygen atoms in total. The van der Waals surface area contributed by atoms with Crippen LogP contribution in [0, 0.1) is 0 Å². The molecule has 2 rings (SSSR count). The van der Waals surface area contributed by atoms with Gasteiger partial charge in [-0.3, -0.25) is 4.79 Å². The van der Waals surface area contributed by atoms with Crippen LogP contribution in [-0.4, -0.2) is 16.1 Å². The summed E-state index contributed by atoms with van der Waals surface area (Å²) in [6.45, 7) is 0. The maximum absolute atomic E-state index is 11.8. The van der Waals surface area contributed by atoms with Crippen LogP contribution in [-0.2, 0) is 0 Å². The topological polar surface area (TPSA) is 80.9 Å². The van der Waals surface area contributed by atoms with E-state index in [1.165, 1.54) is 12.4 Å². The fourth-order valence-electron chi connectivity index (χ4n) is 1.26. The first kappa shape index (κ1) is 11.5. The molecular weight excluding hydrogens is 284 g/mol. The predicted octanol–water partition coefficient (Wildman–Crippen LogP) is 2.07. The average Bonchev–Trinajstić information content (AvgIpc) is 2.35. The molecule has 0 saturated heterocycles. The molecule has 3 N–H and O–H groups in total. The molecule has 86 valence electrons. The molecule has 0 spiro atoms. The lowest BCUT2D eigenvalue weighted by atomic mass is 10.2. The van der Waals surface area contributed by atoms with Gasteiger partial charge in [-0.25, -0.2) is 0 Å². The van der Waals surface area contributed by atoms with E-state index in [0.717, 1.165) is 4.47 Å². The van der Waals surface area contributed by atoms with Gasteiger partial charge in [0.2, 0.25) is 0 Å². The van der Waals surface area contributed by atoms with Gasteiger partial charge in [0, 0.05) is 10.2 Å². The highest BCUT2D eigenvalue weighted by Crippen LogP contribution is 2.24. The first-order valence-corrected chi connectivity index (χ1v) is 5.59. The van der Waals surface area contributed by atoms with Crippen LogP contribution in [0.25, 0.3) is 0 Å². The molecule has 0 aliphatic carbocycles. The summed E-state index contributed by atoms with van der Waals surface area (Å²) in [7, 11) is 0. The van der Waals surface area contributed by atoms with Gasteiger partial charge in [-0.2, -0.15) is 10.2 Å². The standard InChI is InChI=1S/C11H9BrN4O/c12-9-2-1-8(13)5-10(9)16-11(17)7-3-4-14-15-6-7/h1-6H,13H2,(H,16,17). The van der Waals surface area contributed by atoms with Crippen molar-refractivity contribution in [3.05, 3.63) is 46.7 Å². The number of halogens is 1. The van der Waals surface area contributed by atoms with Crippen LogP contribution in [0.15, 0.2) is 41.1 Å². The second-order valence-corrected chi connectivity index (χ2v) is 4.18. The Morgan fingerprint density at radius 2 is 2.12 bits per heavy atom. The lowest BCUT2D eigenvalue weighted by Crippen LogP contribution is -2.12. The number of amides is 1. The summed E-state index contributed by atoms with van der Waals surface area (Å²) in [6, 6.07) is 6.78. The van der Waals surface area contributed by atoms with Crippen molar-refractivity contribution in [1.82, 2.24) is 10.2 Å². The van der Waals surface area contributed by atoms with Crippen molar-refractivity contribution in [1.29, 1.82) is 0 Å². The molecule has 17 heavy (non-hydrogen) atoms. The summed E-state index contributed by atoms with van der Waals surface area (Å²) in [6.07, 6.45) is 2.86. The molecule has 0 atom stereocenters. The molecule has 0 unspecified atom stereocenters. The Bertz CT molecular complexity index is 544. The summed E-state index contributed by atoms with van der Waals surface area (Å²) < 4.78 is 0.766. The Morgan fingerprint density at radius 3 is 2.82 bits per heavy atom. The van der Waals surface area contributed by atoms with Gasteiger partial charge in [0.25, 0.3) is 5.91 Å². The largest absolute Gasteiger partial charge is 0.399 e. The van der Waals surface area contributed by atoms with E-state index in [-0.39, 0.29) is 5.91 Å². The summed E-state index contributed by atoms with van der Waals surface area (Å²) in [5.74, 6) is -0.258. The molecule has 0 saturated carbocycles. The zero-order chi connectivity index (χ0) is 12.3. The van der Waals surface area contributed by atoms with E-state index >= 15 is 0 Å². The number of nitrogens with zero attached hydrogens (tertiary/aromatic N) is 2. The van der Waals surface area contributed by atoms with Crippen molar-refractivity contribution < 1.29 is 4.79 Å². The molecule has 0 aliphatic heterocycles. The molecule has 0 aliphatic rings. The molecule has 1 heterocycles. The Hall–Kier alpha value is -1.95. The zero-order valence-corrected chi connectivity index (χ0v) is 10.3. The van der Waals surface area contributed by atoms with Crippen LogP contribution >= 0.6 is 15.9 Å². The minimum absolute atomic E-state index is 0.258. The summed E-state index contributed by atoms with van der Waals surface area (Å²) in [4.78, 5) is 11.8. The molecule has 0 bridgehead atoms. The number of nitrogens with one attached hydrogen (secondary N) is 1. The maximum Gasteiger partial charge on any atom is 0.257 e. The van der Waals surface area contributed by atoms with Crippen LogP contribution in [0.1, 0.15) is 10.4 Å². The number of hydrogen-bond acceptors (Lipinski definition) is 4. The van der Waals surface area contributed by atoms with Gasteiger partial charge >= 0.3 is 0 Å². The van der Waals surface area contributed by atoms with Crippen molar-refractivity contribution in [2.75, 3.05) is 11.1 Å². The smallest absolute Gasteiger partial charge is 0.257 e. The predicted molar refractivity (Wildman–Crippen MR) is 68.5 cm³/mol. The highest BCUT2D eigenvalue weighted by molar-refractivity contribution is 9.10. The Kier molecular flexibility index (Phi) is 3.34. The maximum atomic E-state index is 11.8. The third kappa shape index (κ3) is 2.79. The number of carbonyl (C=O) groups is 1. The van der Waals surface area contributed by atoms with Gasteiger partial charge in [-0.15, -0.1) is 0 Å². The van der Waals surface area contributed by atoms with Gasteiger partial charge in [0.05, 0.1) is 23.6 Å². The third-order valence-corrected chi connectivity index (χ3v) is 2.78. The number of benzene rings is 1. The number of aromatic nitrogens is 2. The number of nitrogens with two attached hydrogens (primary N) is 1. The lowest BCUT2D eigenvalue weighted by molar-refractivity contribution is 0.102. The Morgan fingerprint density at radius 1 is 1.29 bits per heavy atom. The van der Waals surface area contributed by atoms with Crippen molar-refractivity contribution >= 4 is 33.2 Å². The first-order valence-electron chi connectivity index (χ1n) is 4.80. The van der Waals surface area contributed by atoms with Crippen LogP contribution < -0.4 is 11.1 Å². The lowest BCUT2D eigenvalue weighted by Gasteiger charge is -2.07. The molecule has 0 radical (unpaired) electrons. The number of anilines is 2. The SMILES string of the molecule is Nc1ccc(Br)c(NC(=O)c2ccnnc2)c1. The van der Waals surface area contributed by atoms with E-state index in [1.807, 2.05) is 0 Å². The monoisotopic (exact) mass is 292 g/mol. The number of carbonyl (C=O) groups excluding carboxylic acids is 1. The van der Waals surface area contributed by atoms with Gasteiger partial charge in [-0.05, 0) is 40.2 Å². The summed E-state index contributed by atoms with van der Waals surface area (Å²) in [5.41, 5.74) is 7.28. The third-order valence-electron chi connectivity index (χ3n) is 2.09. The molecule has 6 heteroatoms. The van der Waals surface area contributed by atoms with Crippen LogP contribution in [0.5, 0.6) is 0 Å². The Balaban J connectivity index is 2.22. The minimum Gasteiger partial charge on any atom is -0.399 e. The van der Waals surface area contributed by atoms with Crippen molar-refractivity contribution in [3.63, 3.8) is 0 Å². The average molecular weight is 293 g/mol. The second kappa shape index (κ2) is 4.92. The Labute approximate surface area is 106 Å². The van der Waals surface area contributed by atoms with Crippen LogP contribution in [0.2, 0.25) is 0 Å². The summed E-state index contributed by atoms with van der Waals surface area (Å²) in [5, 5.41) is 9.98. The molecule has 1 amide bonds. The minimum atomic E-state index is -0.258. The number of nitrogen functional groups attached to an aromatic ring is 1. The van der Waals surface area contributed by atoms with Crippen LogP contribution in [0.4, 0.5) is 11.4 Å². The van der Waals surface area contributed by atoms with Crippen LogP contribution in [0.3, 0.4) is 0 Å². The second-order valence-electron chi connectivity index (χ2n) is 3.32. The number of hydrogen-bond donors (Lipinski definition) is 2. The molecule has 2 aromatic rings. The quantitative estimate of drug-likeness (QED) is 0.831. The summed E-state index contributed by atoms with van der Waals surface area (Å²) >= 11 is 3.33. The van der Waals surface area contributed by atoms with Gasteiger partial charge < -0.3 is 11.1 Å². The van der Waals surface area contributed by atoms with Crippen molar-refractivity contribution in [3.8, 4) is 0 Å². The highest BCUT2D eigenvalue weighted by atomic mass is 79.9. The van der Waals surface area contributed by atoms with E-state index in [2.05, 4.69) is 31.4 Å².